The first-order chi connectivity index (χ1) is 12.0. The summed E-state index contributed by atoms with van der Waals surface area (Å²) in [6.07, 6.45) is 1.85. The van der Waals surface area contributed by atoms with Crippen molar-refractivity contribution in [3.05, 3.63) is 35.4 Å². The highest BCUT2D eigenvalue weighted by Crippen LogP contribution is 2.28. The van der Waals surface area contributed by atoms with Gasteiger partial charge in [0, 0.05) is 12.6 Å². The van der Waals surface area contributed by atoms with Gasteiger partial charge in [0.2, 0.25) is 5.91 Å². The van der Waals surface area contributed by atoms with E-state index < -0.39 is 11.8 Å². The van der Waals surface area contributed by atoms with Gasteiger partial charge in [-0.05, 0) is 31.9 Å². The zero-order chi connectivity index (χ0) is 18.0. The van der Waals surface area contributed by atoms with Crippen LogP contribution in [0, 0.1) is 0 Å². The number of imide groups is 1. The maximum Gasteiger partial charge on any atom is 0.307 e. The van der Waals surface area contributed by atoms with Gasteiger partial charge in [-0.1, -0.05) is 12.1 Å². The molecule has 1 heterocycles. The van der Waals surface area contributed by atoms with Gasteiger partial charge in [0.15, 0.2) is 0 Å². The summed E-state index contributed by atoms with van der Waals surface area (Å²) in [5.41, 5.74) is 0.648. The van der Waals surface area contributed by atoms with E-state index in [9.17, 15) is 19.2 Å². The Morgan fingerprint density at radius 2 is 1.76 bits per heavy atom. The van der Waals surface area contributed by atoms with E-state index in [0.29, 0.717) is 17.7 Å². The molecule has 0 spiro atoms. The lowest BCUT2D eigenvalue weighted by Gasteiger charge is -2.24. The van der Waals surface area contributed by atoms with Crippen LogP contribution in [0.2, 0.25) is 0 Å². The van der Waals surface area contributed by atoms with Crippen LogP contribution in [0.25, 0.3) is 0 Å². The largest absolute Gasteiger partial charge is 0.466 e. The Bertz CT molecular complexity index is 691. The Morgan fingerprint density at radius 1 is 1.16 bits per heavy atom. The normalized spacial score (nSPS) is 16.0. The zero-order valence-corrected chi connectivity index (χ0v) is 14.1. The number of nitrogens with zero attached hydrogens (tertiary/aromatic N) is 2. The molecule has 7 nitrogen and oxygen atoms in total. The van der Waals surface area contributed by atoms with E-state index in [1.165, 1.54) is 0 Å². The van der Waals surface area contributed by atoms with Gasteiger partial charge in [-0.25, -0.2) is 0 Å². The number of amides is 3. The summed E-state index contributed by atoms with van der Waals surface area (Å²) in [4.78, 5) is 51.4. The first kappa shape index (κ1) is 17.1. The van der Waals surface area contributed by atoms with E-state index in [4.69, 9.17) is 4.74 Å². The number of rotatable bonds is 7. The molecule has 0 N–H and O–H groups in total. The molecule has 0 radical (unpaired) electrons. The van der Waals surface area contributed by atoms with Crippen molar-refractivity contribution in [2.75, 3.05) is 19.7 Å². The average Bonchev–Trinajstić information content (AvgIpc) is 3.40. The van der Waals surface area contributed by atoms with Gasteiger partial charge in [-0.2, -0.15) is 0 Å². The molecule has 1 fully saturated rings. The first-order valence-corrected chi connectivity index (χ1v) is 8.43. The second-order valence-corrected chi connectivity index (χ2v) is 6.12. The zero-order valence-electron chi connectivity index (χ0n) is 14.1. The highest BCUT2D eigenvalue weighted by molar-refractivity contribution is 6.22. The lowest BCUT2D eigenvalue weighted by atomic mass is 10.1. The van der Waals surface area contributed by atoms with Crippen LogP contribution < -0.4 is 0 Å². The van der Waals surface area contributed by atoms with E-state index >= 15 is 0 Å². The minimum Gasteiger partial charge on any atom is -0.466 e. The summed E-state index contributed by atoms with van der Waals surface area (Å²) in [5, 5.41) is 0. The van der Waals surface area contributed by atoms with Crippen molar-refractivity contribution in [3.63, 3.8) is 0 Å². The molecule has 1 aromatic carbocycles. The Morgan fingerprint density at radius 3 is 2.28 bits per heavy atom. The minimum atomic E-state index is -0.449. The molecule has 0 unspecified atom stereocenters. The number of benzene rings is 1. The van der Waals surface area contributed by atoms with Crippen molar-refractivity contribution < 1.29 is 23.9 Å². The SMILES string of the molecule is CCOC(=O)CCN(C(=O)CN1C(=O)c2ccccc2C1=O)C1CC1. The Balaban J connectivity index is 1.65. The third kappa shape index (κ3) is 3.55. The van der Waals surface area contributed by atoms with E-state index in [0.717, 1.165) is 17.7 Å². The third-order valence-electron chi connectivity index (χ3n) is 4.34. The van der Waals surface area contributed by atoms with Crippen molar-refractivity contribution in [2.45, 2.75) is 32.2 Å². The standard InChI is InChI=1S/C18H20N2O5/c1-2-25-16(22)9-10-19(12-7-8-12)15(21)11-20-17(23)13-5-3-4-6-14(13)18(20)24/h3-6,12H,2,7-11H2,1H3. The molecule has 1 aliphatic heterocycles. The predicted octanol–water partition coefficient (Wildman–Crippen LogP) is 1.23. The number of fused-ring (bicyclic) bond motifs is 1. The second-order valence-electron chi connectivity index (χ2n) is 6.12. The average molecular weight is 344 g/mol. The molecular weight excluding hydrogens is 324 g/mol. The van der Waals surface area contributed by atoms with Gasteiger partial charge in [0.25, 0.3) is 11.8 Å². The van der Waals surface area contributed by atoms with Crippen LogP contribution in [0.4, 0.5) is 0 Å². The molecule has 1 aromatic rings. The summed E-state index contributed by atoms with van der Waals surface area (Å²) in [6, 6.07) is 6.62. The molecule has 2 aliphatic rings. The van der Waals surface area contributed by atoms with Crippen molar-refractivity contribution >= 4 is 23.7 Å². The minimum absolute atomic E-state index is 0.0807. The smallest absolute Gasteiger partial charge is 0.307 e. The van der Waals surface area contributed by atoms with Crippen LogP contribution in [0.5, 0.6) is 0 Å². The summed E-state index contributed by atoms with van der Waals surface area (Å²) in [7, 11) is 0. The number of esters is 1. The van der Waals surface area contributed by atoms with Crippen LogP contribution in [0.15, 0.2) is 24.3 Å². The van der Waals surface area contributed by atoms with Crippen LogP contribution in [0.1, 0.15) is 46.9 Å². The van der Waals surface area contributed by atoms with Crippen molar-refractivity contribution in [1.29, 1.82) is 0 Å². The fraction of sp³-hybridized carbons (Fsp3) is 0.444. The van der Waals surface area contributed by atoms with E-state index in [2.05, 4.69) is 0 Å². The molecule has 25 heavy (non-hydrogen) atoms. The van der Waals surface area contributed by atoms with Crippen LogP contribution in [0.3, 0.4) is 0 Å². The van der Waals surface area contributed by atoms with Gasteiger partial charge in [0.1, 0.15) is 6.54 Å². The molecule has 0 bridgehead atoms. The van der Waals surface area contributed by atoms with E-state index in [1.54, 1.807) is 36.1 Å². The van der Waals surface area contributed by atoms with Crippen LogP contribution >= 0.6 is 0 Å². The van der Waals surface area contributed by atoms with Crippen molar-refractivity contribution in [3.8, 4) is 0 Å². The maximum atomic E-state index is 12.6. The number of ether oxygens (including phenoxy) is 1. The predicted molar refractivity (Wildman–Crippen MR) is 87.8 cm³/mol. The van der Waals surface area contributed by atoms with Gasteiger partial charge in [0.05, 0.1) is 24.2 Å². The van der Waals surface area contributed by atoms with Crippen molar-refractivity contribution in [2.24, 2.45) is 0 Å². The van der Waals surface area contributed by atoms with E-state index in [1.807, 2.05) is 0 Å². The fourth-order valence-electron chi connectivity index (χ4n) is 2.95. The quantitative estimate of drug-likeness (QED) is 0.549. The molecule has 1 aliphatic carbocycles. The highest BCUT2D eigenvalue weighted by atomic mass is 16.5. The Labute approximate surface area is 145 Å². The van der Waals surface area contributed by atoms with Gasteiger partial charge >= 0.3 is 5.97 Å². The monoisotopic (exact) mass is 344 g/mol. The van der Waals surface area contributed by atoms with Crippen molar-refractivity contribution in [1.82, 2.24) is 9.80 Å². The molecule has 3 amide bonds. The Hall–Kier alpha value is -2.70. The molecular formula is C18H20N2O5. The summed E-state index contributed by atoms with van der Waals surface area (Å²) >= 11 is 0. The van der Waals surface area contributed by atoms with E-state index in [-0.39, 0.29) is 37.4 Å². The van der Waals surface area contributed by atoms with Gasteiger partial charge in [-0.3, -0.25) is 24.1 Å². The topological polar surface area (TPSA) is 84.0 Å². The summed E-state index contributed by atoms with van der Waals surface area (Å²) in [6.45, 7) is 1.96. The molecule has 1 saturated carbocycles. The van der Waals surface area contributed by atoms with Gasteiger partial charge in [-0.15, -0.1) is 0 Å². The molecule has 3 rings (SSSR count). The molecule has 7 heteroatoms. The molecule has 0 saturated heterocycles. The highest BCUT2D eigenvalue weighted by Gasteiger charge is 2.39. The second kappa shape index (κ2) is 7.04. The maximum absolute atomic E-state index is 12.6. The fourth-order valence-corrected chi connectivity index (χ4v) is 2.95. The molecule has 0 aromatic heterocycles. The molecule has 0 atom stereocenters. The number of carbonyl (C=O) groups is 4. The number of hydrogen-bond acceptors (Lipinski definition) is 5. The lowest BCUT2D eigenvalue weighted by Crippen LogP contribution is -2.44. The van der Waals surface area contributed by atoms with Crippen LogP contribution in [-0.2, 0) is 14.3 Å². The molecule has 132 valence electrons. The lowest BCUT2D eigenvalue weighted by molar-refractivity contribution is -0.144. The Kier molecular flexibility index (Phi) is 4.83. The number of carbonyl (C=O) groups excluding carboxylic acids is 4. The van der Waals surface area contributed by atoms with Gasteiger partial charge < -0.3 is 9.64 Å². The first-order valence-electron chi connectivity index (χ1n) is 8.43. The summed E-state index contributed by atoms with van der Waals surface area (Å²) in [5.74, 6) is -1.58. The summed E-state index contributed by atoms with van der Waals surface area (Å²) < 4.78 is 4.89. The third-order valence-corrected chi connectivity index (χ3v) is 4.34. The van der Waals surface area contributed by atoms with Crippen LogP contribution in [-0.4, -0.2) is 59.2 Å². The number of hydrogen-bond donors (Lipinski definition) is 0.